The van der Waals surface area contributed by atoms with Crippen LogP contribution in [0.5, 0.6) is 0 Å². The molecule has 1 aliphatic heterocycles. The van der Waals surface area contributed by atoms with E-state index in [4.69, 9.17) is 4.42 Å². The Kier molecular flexibility index (Phi) is 3.08. The molecule has 0 atom stereocenters. The lowest BCUT2D eigenvalue weighted by Crippen LogP contribution is -2.37. The van der Waals surface area contributed by atoms with Crippen LogP contribution in [0.4, 0.5) is 0 Å². The second-order valence-corrected chi connectivity index (χ2v) is 6.33. The zero-order chi connectivity index (χ0) is 15.1. The Hall–Kier alpha value is -2.40. The Bertz CT molecular complexity index is 925. The average Bonchev–Trinajstić information content (AvgIpc) is 3.01. The van der Waals surface area contributed by atoms with Crippen molar-refractivity contribution in [3.63, 3.8) is 0 Å². The van der Waals surface area contributed by atoms with E-state index in [0.29, 0.717) is 18.7 Å². The van der Waals surface area contributed by atoms with E-state index in [0.717, 1.165) is 11.8 Å². The van der Waals surface area contributed by atoms with Crippen molar-refractivity contribution in [1.29, 1.82) is 0 Å². The zero-order valence-corrected chi connectivity index (χ0v) is 12.6. The van der Waals surface area contributed by atoms with E-state index in [2.05, 4.69) is 0 Å². The van der Waals surface area contributed by atoms with Gasteiger partial charge in [0.1, 0.15) is 11.1 Å². The van der Waals surface area contributed by atoms with Gasteiger partial charge in [0, 0.05) is 23.4 Å². The van der Waals surface area contributed by atoms with Gasteiger partial charge in [0.15, 0.2) is 0 Å². The molecular formula is C17H13NO3S. The fraction of sp³-hybridized carbons (Fsp3) is 0.176. The molecule has 0 saturated heterocycles. The van der Waals surface area contributed by atoms with E-state index >= 15 is 0 Å². The van der Waals surface area contributed by atoms with Crippen LogP contribution in [0.2, 0.25) is 0 Å². The first kappa shape index (κ1) is 13.3. The molecule has 3 aromatic rings. The van der Waals surface area contributed by atoms with Gasteiger partial charge in [-0.1, -0.05) is 18.2 Å². The summed E-state index contributed by atoms with van der Waals surface area (Å²) in [7, 11) is 0. The number of rotatable bonds is 1. The number of hydrogen-bond donors (Lipinski definition) is 0. The van der Waals surface area contributed by atoms with Gasteiger partial charge in [-0.25, -0.2) is 4.79 Å². The number of carbonyl (C=O) groups is 1. The number of hydrogen-bond acceptors (Lipinski definition) is 4. The number of benzene rings is 1. The van der Waals surface area contributed by atoms with Crippen molar-refractivity contribution in [2.24, 2.45) is 0 Å². The molecule has 1 aromatic carbocycles. The SMILES string of the molecule is O=C(c1cc2ccccc2oc1=O)N1CCc2sccc2C1. The lowest BCUT2D eigenvalue weighted by atomic mass is 10.1. The van der Waals surface area contributed by atoms with Gasteiger partial charge in [0.2, 0.25) is 0 Å². The van der Waals surface area contributed by atoms with Crippen LogP contribution in [0, 0.1) is 0 Å². The molecule has 4 nitrogen and oxygen atoms in total. The average molecular weight is 311 g/mol. The molecule has 110 valence electrons. The number of fused-ring (bicyclic) bond motifs is 2. The summed E-state index contributed by atoms with van der Waals surface area (Å²) in [4.78, 5) is 27.8. The molecule has 4 rings (SSSR count). The highest BCUT2D eigenvalue weighted by Gasteiger charge is 2.25. The van der Waals surface area contributed by atoms with Gasteiger partial charge in [0.25, 0.3) is 5.91 Å². The summed E-state index contributed by atoms with van der Waals surface area (Å²) in [5.74, 6) is -0.253. The molecule has 1 aliphatic rings. The topological polar surface area (TPSA) is 50.5 Å². The van der Waals surface area contributed by atoms with Gasteiger partial charge in [-0.05, 0) is 35.6 Å². The maximum absolute atomic E-state index is 12.7. The van der Waals surface area contributed by atoms with E-state index in [9.17, 15) is 9.59 Å². The van der Waals surface area contributed by atoms with Gasteiger partial charge in [-0.2, -0.15) is 0 Å². The lowest BCUT2D eigenvalue weighted by Gasteiger charge is -2.26. The van der Waals surface area contributed by atoms with Crippen LogP contribution in [0.25, 0.3) is 11.0 Å². The molecule has 0 spiro atoms. The lowest BCUT2D eigenvalue weighted by molar-refractivity contribution is 0.0732. The van der Waals surface area contributed by atoms with Crippen LogP contribution in [0.3, 0.4) is 0 Å². The summed E-state index contributed by atoms with van der Waals surface area (Å²) >= 11 is 1.72. The third-order valence-electron chi connectivity index (χ3n) is 3.97. The van der Waals surface area contributed by atoms with Crippen LogP contribution in [-0.2, 0) is 13.0 Å². The van der Waals surface area contributed by atoms with Crippen molar-refractivity contribution in [3.05, 3.63) is 68.2 Å². The summed E-state index contributed by atoms with van der Waals surface area (Å²) in [6.07, 6.45) is 0.845. The highest BCUT2D eigenvalue weighted by molar-refractivity contribution is 7.10. The van der Waals surface area contributed by atoms with Gasteiger partial charge in [0.05, 0.1) is 0 Å². The third kappa shape index (κ3) is 2.14. The van der Waals surface area contributed by atoms with E-state index in [1.165, 1.54) is 10.4 Å². The Balaban J connectivity index is 1.71. The van der Waals surface area contributed by atoms with E-state index in [1.54, 1.807) is 34.4 Å². The van der Waals surface area contributed by atoms with Crippen molar-refractivity contribution >= 4 is 28.2 Å². The molecule has 0 radical (unpaired) electrons. The minimum absolute atomic E-state index is 0.109. The standard InChI is InChI=1S/C17H13NO3S/c19-16(18-7-5-15-12(10-18)6-8-22-15)13-9-11-3-1-2-4-14(11)21-17(13)20/h1-4,6,8-9H,5,7,10H2. The summed E-state index contributed by atoms with van der Waals surface area (Å²) in [5.41, 5.74) is 1.22. The molecular weight excluding hydrogens is 298 g/mol. The minimum atomic E-state index is -0.570. The second kappa shape index (κ2) is 5.10. The van der Waals surface area contributed by atoms with Crippen LogP contribution in [0.1, 0.15) is 20.8 Å². The minimum Gasteiger partial charge on any atom is -0.422 e. The molecule has 0 unspecified atom stereocenters. The van der Waals surface area contributed by atoms with Crippen molar-refractivity contribution in [3.8, 4) is 0 Å². The smallest absolute Gasteiger partial charge is 0.349 e. The maximum Gasteiger partial charge on any atom is 0.349 e. The Morgan fingerprint density at radius 2 is 2.09 bits per heavy atom. The number of amides is 1. The fourth-order valence-electron chi connectivity index (χ4n) is 2.80. The number of nitrogens with zero attached hydrogens (tertiary/aromatic N) is 1. The fourth-order valence-corrected chi connectivity index (χ4v) is 3.69. The largest absolute Gasteiger partial charge is 0.422 e. The first-order valence-corrected chi connectivity index (χ1v) is 7.98. The first-order chi connectivity index (χ1) is 10.7. The number of thiophene rings is 1. The molecule has 0 fully saturated rings. The highest BCUT2D eigenvalue weighted by atomic mass is 32.1. The van der Waals surface area contributed by atoms with Crippen molar-refractivity contribution in [1.82, 2.24) is 4.90 Å². The molecule has 5 heteroatoms. The molecule has 3 heterocycles. The Labute approximate surface area is 130 Å². The predicted octanol–water partition coefficient (Wildman–Crippen LogP) is 3.05. The predicted molar refractivity (Wildman–Crippen MR) is 85.2 cm³/mol. The van der Waals surface area contributed by atoms with Crippen LogP contribution in [-0.4, -0.2) is 17.4 Å². The Morgan fingerprint density at radius 1 is 1.23 bits per heavy atom. The maximum atomic E-state index is 12.7. The molecule has 22 heavy (non-hydrogen) atoms. The first-order valence-electron chi connectivity index (χ1n) is 7.10. The van der Waals surface area contributed by atoms with Gasteiger partial charge < -0.3 is 9.32 Å². The van der Waals surface area contributed by atoms with Gasteiger partial charge in [-0.3, -0.25) is 4.79 Å². The monoisotopic (exact) mass is 311 g/mol. The molecule has 0 N–H and O–H groups in total. The number of para-hydroxylation sites is 1. The van der Waals surface area contributed by atoms with E-state index < -0.39 is 5.63 Å². The van der Waals surface area contributed by atoms with Crippen LogP contribution < -0.4 is 5.63 Å². The quantitative estimate of drug-likeness (QED) is 0.649. The summed E-state index contributed by atoms with van der Waals surface area (Å²) in [6, 6.07) is 10.9. The van der Waals surface area contributed by atoms with Crippen LogP contribution >= 0.6 is 11.3 Å². The molecule has 0 saturated carbocycles. The molecule has 2 aromatic heterocycles. The van der Waals surface area contributed by atoms with Crippen molar-refractivity contribution in [2.45, 2.75) is 13.0 Å². The summed E-state index contributed by atoms with van der Waals surface area (Å²) in [5, 5.41) is 2.81. The van der Waals surface area contributed by atoms with Crippen LogP contribution in [0.15, 0.2) is 51.0 Å². The number of carbonyl (C=O) groups excluding carboxylic acids is 1. The van der Waals surface area contributed by atoms with E-state index in [1.807, 2.05) is 23.6 Å². The normalized spacial score (nSPS) is 14.1. The second-order valence-electron chi connectivity index (χ2n) is 5.33. The zero-order valence-electron chi connectivity index (χ0n) is 11.7. The van der Waals surface area contributed by atoms with E-state index in [-0.39, 0.29) is 11.5 Å². The van der Waals surface area contributed by atoms with Crippen molar-refractivity contribution < 1.29 is 9.21 Å². The Morgan fingerprint density at radius 3 is 3.00 bits per heavy atom. The van der Waals surface area contributed by atoms with Crippen molar-refractivity contribution in [2.75, 3.05) is 6.54 Å². The summed E-state index contributed by atoms with van der Waals surface area (Å²) in [6.45, 7) is 1.20. The van der Waals surface area contributed by atoms with Gasteiger partial charge in [-0.15, -0.1) is 11.3 Å². The summed E-state index contributed by atoms with van der Waals surface area (Å²) < 4.78 is 5.26. The van der Waals surface area contributed by atoms with Gasteiger partial charge >= 0.3 is 5.63 Å². The highest BCUT2D eigenvalue weighted by Crippen LogP contribution is 2.25. The molecule has 1 amide bonds. The molecule has 0 bridgehead atoms. The molecule has 0 aliphatic carbocycles. The third-order valence-corrected chi connectivity index (χ3v) is 4.99.